The van der Waals surface area contributed by atoms with Gasteiger partial charge in [0.2, 0.25) is 0 Å². The summed E-state index contributed by atoms with van der Waals surface area (Å²) in [5, 5.41) is 2.68. The molecule has 0 atom stereocenters. The predicted octanol–water partition coefficient (Wildman–Crippen LogP) is 3.48. The van der Waals surface area contributed by atoms with Gasteiger partial charge >= 0.3 is 6.09 Å². The number of amides is 1. The Labute approximate surface area is 159 Å². The van der Waals surface area contributed by atoms with Crippen molar-refractivity contribution in [3.63, 3.8) is 0 Å². The molecule has 5 nitrogen and oxygen atoms in total. The molecular formula is C17H14N3O2Y-. The largest absolute Gasteiger partial charge is 0.448 e. The van der Waals surface area contributed by atoms with Gasteiger partial charge in [0.1, 0.15) is 6.61 Å². The van der Waals surface area contributed by atoms with E-state index in [2.05, 4.69) is 21.5 Å². The van der Waals surface area contributed by atoms with Crippen LogP contribution in [0, 0.1) is 13.1 Å². The molecule has 0 saturated heterocycles. The van der Waals surface area contributed by atoms with Crippen LogP contribution in [0.1, 0.15) is 11.3 Å². The summed E-state index contributed by atoms with van der Waals surface area (Å²) in [6.07, 6.45) is 2.29. The van der Waals surface area contributed by atoms with Crippen molar-refractivity contribution in [3.8, 4) is 0 Å². The molecule has 1 radical (unpaired) electrons. The second kappa shape index (κ2) is 8.13. The number of aryl methyl sites for hydroxylation is 1. The fourth-order valence-electron chi connectivity index (χ4n) is 2.01. The predicted molar refractivity (Wildman–Crippen MR) is 83.4 cm³/mol. The van der Waals surface area contributed by atoms with E-state index in [0.717, 1.165) is 16.8 Å². The van der Waals surface area contributed by atoms with Gasteiger partial charge in [-0.25, -0.2) is 4.79 Å². The molecule has 0 spiro atoms. The van der Waals surface area contributed by atoms with Gasteiger partial charge in [-0.05, 0) is 24.2 Å². The molecule has 1 heterocycles. The first-order chi connectivity index (χ1) is 10.7. The molecule has 1 aromatic heterocycles. The zero-order valence-electron chi connectivity index (χ0n) is 12.6. The molecule has 0 aliphatic heterocycles. The van der Waals surface area contributed by atoms with Crippen molar-refractivity contribution in [2.24, 2.45) is 0 Å². The van der Waals surface area contributed by atoms with Crippen LogP contribution in [0.15, 0.2) is 48.5 Å². The van der Waals surface area contributed by atoms with Gasteiger partial charge in [-0.1, -0.05) is 48.0 Å². The van der Waals surface area contributed by atoms with Crippen LogP contribution in [0.25, 0.3) is 11.0 Å². The molecule has 2 aromatic carbocycles. The Hall–Kier alpha value is -1.85. The quantitative estimate of drug-likeness (QED) is 0.706. The van der Waals surface area contributed by atoms with E-state index in [9.17, 15) is 4.79 Å². The van der Waals surface area contributed by atoms with E-state index in [4.69, 9.17) is 4.74 Å². The van der Waals surface area contributed by atoms with Crippen LogP contribution in [0.4, 0.5) is 10.5 Å². The van der Waals surface area contributed by atoms with Crippen LogP contribution in [0.3, 0.4) is 0 Å². The third kappa shape index (κ3) is 4.81. The first kappa shape index (κ1) is 17.5. The molecule has 23 heavy (non-hydrogen) atoms. The van der Waals surface area contributed by atoms with Gasteiger partial charge in [0, 0.05) is 43.9 Å². The second-order valence-electron chi connectivity index (χ2n) is 4.81. The van der Waals surface area contributed by atoms with Crippen molar-refractivity contribution in [1.82, 2.24) is 9.97 Å². The number of hydrogen-bond donors (Lipinski definition) is 1. The van der Waals surface area contributed by atoms with E-state index in [1.807, 2.05) is 37.3 Å². The summed E-state index contributed by atoms with van der Waals surface area (Å²) in [6.45, 7) is 2.06. The van der Waals surface area contributed by atoms with Crippen molar-refractivity contribution >= 4 is 22.8 Å². The van der Waals surface area contributed by atoms with Crippen LogP contribution >= 0.6 is 0 Å². The third-order valence-corrected chi connectivity index (χ3v) is 3.06. The third-order valence-electron chi connectivity index (χ3n) is 3.06. The molecule has 0 aliphatic carbocycles. The summed E-state index contributed by atoms with van der Waals surface area (Å²) >= 11 is 0. The number of benzene rings is 2. The first-order valence-electron chi connectivity index (χ1n) is 6.84. The number of fused-ring (bicyclic) bond motifs is 1. The van der Waals surface area contributed by atoms with E-state index in [0.29, 0.717) is 11.2 Å². The second-order valence-corrected chi connectivity index (χ2v) is 4.81. The van der Waals surface area contributed by atoms with Crippen molar-refractivity contribution in [2.45, 2.75) is 13.5 Å². The fraction of sp³-hybridized carbons (Fsp3) is 0.118. The number of rotatable bonds is 3. The standard InChI is InChI=1S/C17H14N3O2.Y/c1-12-10-18-16-9-14(7-8-15(16)19-12)20-17(21)22-11-13-5-3-2-4-6-13;/h2-9H,11H2,1H3,(H,20,21);/q-1;. The van der Waals surface area contributed by atoms with Gasteiger partial charge in [-0.2, -0.15) is 0 Å². The Kier molecular flexibility index (Phi) is 6.19. The average Bonchev–Trinajstić information content (AvgIpc) is 2.54. The van der Waals surface area contributed by atoms with Crippen LogP contribution in [0.2, 0.25) is 0 Å². The number of carbonyl (C=O) groups excluding carboxylic acids is 1. The molecule has 0 fully saturated rings. The van der Waals surface area contributed by atoms with Crippen LogP contribution in [-0.2, 0) is 44.1 Å². The normalized spacial score (nSPS) is 9.96. The summed E-state index contributed by atoms with van der Waals surface area (Å²) in [5.74, 6) is 0. The zero-order chi connectivity index (χ0) is 15.4. The maximum absolute atomic E-state index is 11.8. The molecule has 0 unspecified atom stereocenters. The number of carbonyl (C=O) groups is 1. The summed E-state index contributed by atoms with van der Waals surface area (Å²) < 4.78 is 5.17. The van der Waals surface area contributed by atoms with E-state index in [-0.39, 0.29) is 39.3 Å². The Bertz CT molecular complexity index is 809. The minimum atomic E-state index is -0.507. The van der Waals surface area contributed by atoms with Gasteiger partial charge in [0.25, 0.3) is 0 Å². The van der Waals surface area contributed by atoms with E-state index < -0.39 is 6.09 Å². The van der Waals surface area contributed by atoms with Gasteiger partial charge < -0.3 is 9.72 Å². The maximum atomic E-state index is 11.8. The van der Waals surface area contributed by atoms with Crippen LogP contribution in [0.5, 0.6) is 0 Å². The summed E-state index contributed by atoms with van der Waals surface area (Å²) in [5.41, 5.74) is 3.71. The minimum absolute atomic E-state index is 0. The molecule has 6 heteroatoms. The smallest absolute Gasteiger partial charge is 0.411 e. The van der Waals surface area contributed by atoms with Crippen molar-refractivity contribution in [3.05, 3.63) is 66.0 Å². The Morgan fingerprint density at radius 3 is 2.74 bits per heavy atom. The number of hydrogen-bond acceptors (Lipinski definition) is 4. The van der Waals surface area contributed by atoms with Gasteiger partial charge in [0.15, 0.2) is 0 Å². The fourth-order valence-corrected chi connectivity index (χ4v) is 2.01. The number of nitrogens with one attached hydrogen (secondary N) is 1. The van der Waals surface area contributed by atoms with Crippen LogP contribution in [-0.4, -0.2) is 16.1 Å². The van der Waals surface area contributed by atoms with Crippen molar-refractivity contribution in [2.75, 3.05) is 5.32 Å². The minimum Gasteiger partial charge on any atom is -0.448 e. The molecular weight excluding hydrogens is 367 g/mol. The van der Waals surface area contributed by atoms with Gasteiger partial charge in [0.05, 0.1) is 0 Å². The molecule has 113 valence electrons. The molecule has 3 rings (SSSR count). The molecule has 0 saturated carbocycles. The molecule has 1 amide bonds. The number of anilines is 1. The van der Waals surface area contributed by atoms with Crippen LogP contribution < -0.4 is 5.32 Å². The average molecular weight is 381 g/mol. The van der Waals surface area contributed by atoms with Crippen molar-refractivity contribution in [1.29, 1.82) is 0 Å². The summed E-state index contributed by atoms with van der Waals surface area (Å²) in [4.78, 5) is 20.3. The molecule has 0 bridgehead atoms. The number of ether oxygens (including phenoxy) is 1. The molecule has 1 N–H and O–H groups in total. The topological polar surface area (TPSA) is 64.1 Å². The molecule has 3 aromatic rings. The summed E-state index contributed by atoms with van der Waals surface area (Å²) in [7, 11) is 0. The first-order valence-corrected chi connectivity index (χ1v) is 6.84. The zero-order valence-corrected chi connectivity index (χ0v) is 15.5. The van der Waals surface area contributed by atoms with Gasteiger partial charge in [-0.15, -0.1) is 6.20 Å². The Balaban J connectivity index is 0.00000192. The SMILES string of the molecule is Cc1[c-]nc2cc(NC(=O)OCc3ccccc3)ccc2n1.[Y]. The Morgan fingerprint density at radius 2 is 1.96 bits per heavy atom. The maximum Gasteiger partial charge on any atom is 0.411 e. The van der Waals surface area contributed by atoms with E-state index in [1.54, 1.807) is 18.2 Å². The van der Waals surface area contributed by atoms with Crippen molar-refractivity contribution < 1.29 is 42.2 Å². The van der Waals surface area contributed by atoms with Gasteiger partial charge in [-0.3, -0.25) is 10.3 Å². The number of aromatic nitrogens is 2. The van der Waals surface area contributed by atoms with E-state index in [1.165, 1.54) is 0 Å². The summed E-state index contributed by atoms with van der Waals surface area (Å²) in [6, 6.07) is 14.8. The van der Waals surface area contributed by atoms with E-state index >= 15 is 0 Å². The Morgan fingerprint density at radius 1 is 1.17 bits per heavy atom. The monoisotopic (exact) mass is 381 g/mol. The number of nitrogens with zero attached hydrogens (tertiary/aromatic N) is 2. The molecule has 0 aliphatic rings.